The Morgan fingerprint density at radius 1 is 1.07 bits per heavy atom. The molecule has 2 aliphatic rings. The Bertz CT molecular complexity index is 1010. The molecule has 140 valence electrons. The van der Waals surface area contributed by atoms with E-state index in [4.69, 9.17) is 0 Å². The third-order valence-corrected chi connectivity index (χ3v) is 4.57. The monoisotopic (exact) mass is 374 g/mol. The lowest BCUT2D eigenvalue weighted by Gasteiger charge is -2.26. The SMILES string of the molecule is CNC(=O)c1cccc(N2C=CC3=NC(C(=O)Nc4ccccc4)=C[NH+]3C2)c1. The van der Waals surface area contributed by atoms with Gasteiger partial charge in [0.25, 0.3) is 11.8 Å². The third-order valence-electron chi connectivity index (χ3n) is 4.57. The summed E-state index contributed by atoms with van der Waals surface area (Å²) in [5.41, 5.74) is 2.62. The van der Waals surface area contributed by atoms with Crippen molar-refractivity contribution in [1.82, 2.24) is 5.32 Å². The van der Waals surface area contributed by atoms with E-state index < -0.39 is 0 Å². The second-order valence-corrected chi connectivity index (χ2v) is 6.45. The predicted molar refractivity (Wildman–Crippen MR) is 108 cm³/mol. The van der Waals surface area contributed by atoms with Gasteiger partial charge in [-0.25, -0.2) is 4.90 Å². The van der Waals surface area contributed by atoms with Gasteiger partial charge in [0.05, 0.1) is 0 Å². The molecule has 2 amide bonds. The first-order valence-electron chi connectivity index (χ1n) is 8.94. The number of anilines is 2. The van der Waals surface area contributed by atoms with Crippen LogP contribution in [0.2, 0.25) is 0 Å². The van der Waals surface area contributed by atoms with Crippen LogP contribution in [0, 0.1) is 0 Å². The number of carbonyl (C=O) groups excluding carboxylic acids is 2. The highest BCUT2D eigenvalue weighted by molar-refractivity contribution is 6.06. The van der Waals surface area contributed by atoms with Gasteiger partial charge < -0.3 is 10.6 Å². The summed E-state index contributed by atoms with van der Waals surface area (Å²) >= 11 is 0. The average Bonchev–Trinajstić information content (AvgIpc) is 3.17. The van der Waals surface area contributed by atoms with Crippen LogP contribution in [0.15, 0.2) is 83.8 Å². The number of amides is 2. The van der Waals surface area contributed by atoms with Crippen molar-refractivity contribution in [3.8, 4) is 0 Å². The van der Waals surface area contributed by atoms with Gasteiger partial charge in [-0.05, 0) is 30.3 Å². The van der Waals surface area contributed by atoms with Crippen molar-refractivity contribution in [1.29, 1.82) is 0 Å². The fourth-order valence-electron chi connectivity index (χ4n) is 3.12. The number of carbonyl (C=O) groups is 2. The number of nitrogens with one attached hydrogen (secondary N) is 3. The second kappa shape index (κ2) is 7.50. The molecule has 2 heterocycles. The van der Waals surface area contributed by atoms with Crippen molar-refractivity contribution in [2.45, 2.75) is 0 Å². The summed E-state index contributed by atoms with van der Waals surface area (Å²) in [5.74, 6) is 0.428. The number of fused-ring (bicyclic) bond motifs is 1. The molecule has 0 radical (unpaired) electrons. The summed E-state index contributed by atoms with van der Waals surface area (Å²) in [7, 11) is 1.61. The Hall–Kier alpha value is -3.71. The van der Waals surface area contributed by atoms with Gasteiger partial charge >= 0.3 is 0 Å². The first-order valence-corrected chi connectivity index (χ1v) is 8.94. The summed E-state index contributed by atoms with van der Waals surface area (Å²) < 4.78 is 0. The molecule has 7 nitrogen and oxygen atoms in total. The van der Waals surface area contributed by atoms with Crippen LogP contribution in [0.5, 0.6) is 0 Å². The molecular formula is C21H20N5O2+. The van der Waals surface area contributed by atoms with Gasteiger partial charge in [-0.2, -0.15) is 4.99 Å². The molecule has 0 saturated carbocycles. The lowest BCUT2D eigenvalue weighted by molar-refractivity contribution is -0.742. The van der Waals surface area contributed by atoms with Gasteiger partial charge in [0.1, 0.15) is 6.20 Å². The molecule has 3 N–H and O–H groups in total. The highest BCUT2D eigenvalue weighted by atomic mass is 16.2. The second-order valence-electron chi connectivity index (χ2n) is 6.45. The van der Waals surface area contributed by atoms with Crippen molar-refractivity contribution in [2.24, 2.45) is 4.99 Å². The molecule has 1 unspecified atom stereocenters. The molecule has 2 aromatic carbocycles. The number of aliphatic imine (C=N–C) groups is 1. The quantitative estimate of drug-likeness (QED) is 0.750. The highest BCUT2D eigenvalue weighted by Gasteiger charge is 2.30. The maximum atomic E-state index is 12.5. The lowest BCUT2D eigenvalue weighted by atomic mass is 10.1. The molecule has 7 heteroatoms. The minimum atomic E-state index is -0.234. The van der Waals surface area contributed by atoms with E-state index in [0.717, 1.165) is 22.1 Å². The van der Waals surface area contributed by atoms with Crippen LogP contribution in [0.25, 0.3) is 0 Å². The maximum absolute atomic E-state index is 12.5. The summed E-state index contributed by atoms with van der Waals surface area (Å²) in [6.45, 7) is 0.578. The number of para-hydroxylation sites is 1. The normalized spacial score (nSPS) is 17.5. The third kappa shape index (κ3) is 3.56. The van der Waals surface area contributed by atoms with E-state index in [1.807, 2.05) is 71.9 Å². The van der Waals surface area contributed by atoms with Crippen LogP contribution in [-0.2, 0) is 4.79 Å². The number of nitrogens with zero attached hydrogens (tertiary/aromatic N) is 2. The minimum Gasteiger partial charge on any atom is -0.355 e. The topological polar surface area (TPSA) is 78.2 Å². The van der Waals surface area contributed by atoms with E-state index in [1.54, 1.807) is 13.1 Å². The number of benzene rings is 2. The summed E-state index contributed by atoms with van der Waals surface area (Å²) in [6.07, 6.45) is 5.61. The summed E-state index contributed by atoms with van der Waals surface area (Å²) in [6, 6.07) is 16.7. The molecular weight excluding hydrogens is 354 g/mol. The summed E-state index contributed by atoms with van der Waals surface area (Å²) in [4.78, 5) is 31.8. The molecule has 0 fully saturated rings. The molecule has 0 spiro atoms. The first-order chi connectivity index (χ1) is 13.6. The Morgan fingerprint density at radius 3 is 2.68 bits per heavy atom. The number of rotatable bonds is 4. The van der Waals surface area contributed by atoms with E-state index in [-0.39, 0.29) is 11.8 Å². The summed E-state index contributed by atoms with van der Waals surface area (Å²) in [5, 5.41) is 5.49. The van der Waals surface area contributed by atoms with Crippen molar-refractivity contribution in [2.75, 3.05) is 23.9 Å². The zero-order chi connectivity index (χ0) is 19.5. The molecule has 0 bridgehead atoms. The Balaban J connectivity index is 1.49. The number of quaternary nitrogens is 1. The highest BCUT2D eigenvalue weighted by Crippen LogP contribution is 2.18. The van der Waals surface area contributed by atoms with Crippen LogP contribution < -0.4 is 20.4 Å². The lowest BCUT2D eigenvalue weighted by Crippen LogP contribution is -3.11. The Morgan fingerprint density at radius 2 is 1.89 bits per heavy atom. The van der Waals surface area contributed by atoms with Crippen LogP contribution >= 0.6 is 0 Å². The van der Waals surface area contributed by atoms with Gasteiger partial charge in [0.2, 0.25) is 5.84 Å². The fraction of sp³-hybridized carbons (Fsp3) is 0.0952. The largest absolute Gasteiger partial charge is 0.355 e. The standard InChI is InChI=1S/C21H19N5O2/c1-22-20(27)15-6-5-9-17(12-15)25-11-10-19-24-18(13-26(19)14-25)21(28)23-16-7-3-2-4-8-16/h2-13H,14H2,1H3,(H,22,27)(H,23,28)/p+1. The van der Waals surface area contributed by atoms with Crippen molar-refractivity contribution in [3.05, 3.63) is 84.3 Å². The average molecular weight is 374 g/mol. The molecule has 2 aliphatic heterocycles. The van der Waals surface area contributed by atoms with Crippen molar-refractivity contribution >= 4 is 29.0 Å². The molecule has 0 aliphatic carbocycles. The predicted octanol–water partition coefficient (Wildman–Crippen LogP) is 1.11. The van der Waals surface area contributed by atoms with Gasteiger partial charge in [-0.3, -0.25) is 14.5 Å². The Labute approximate surface area is 162 Å². The number of amidine groups is 1. The van der Waals surface area contributed by atoms with E-state index in [0.29, 0.717) is 17.9 Å². The van der Waals surface area contributed by atoms with Crippen LogP contribution in [0.4, 0.5) is 11.4 Å². The maximum Gasteiger partial charge on any atom is 0.280 e. The molecule has 1 atom stereocenters. The van der Waals surface area contributed by atoms with E-state index in [1.165, 1.54) is 0 Å². The van der Waals surface area contributed by atoms with Crippen LogP contribution in [0.1, 0.15) is 10.4 Å². The zero-order valence-electron chi connectivity index (χ0n) is 15.3. The zero-order valence-corrected chi connectivity index (χ0v) is 15.3. The molecule has 0 saturated heterocycles. The molecule has 4 rings (SSSR count). The van der Waals surface area contributed by atoms with E-state index in [9.17, 15) is 9.59 Å². The van der Waals surface area contributed by atoms with E-state index in [2.05, 4.69) is 15.6 Å². The smallest absolute Gasteiger partial charge is 0.280 e. The first kappa shape index (κ1) is 17.7. The fourth-order valence-corrected chi connectivity index (χ4v) is 3.12. The van der Waals surface area contributed by atoms with Crippen LogP contribution in [-0.4, -0.2) is 31.4 Å². The van der Waals surface area contributed by atoms with Gasteiger partial charge in [0.15, 0.2) is 12.4 Å². The molecule has 2 aromatic rings. The van der Waals surface area contributed by atoms with E-state index >= 15 is 0 Å². The minimum absolute atomic E-state index is 0.127. The molecule has 0 aromatic heterocycles. The number of hydrogen-bond donors (Lipinski definition) is 3. The molecule has 28 heavy (non-hydrogen) atoms. The van der Waals surface area contributed by atoms with Gasteiger partial charge in [-0.1, -0.05) is 24.3 Å². The Kier molecular flexibility index (Phi) is 4.74. The van der Waals surface area contributed by atoms with Crippen molar-refractivity contribution in [3.63, 3.8) is 0 Å². The van der Waals surface area contributed by atoms with Gasteiger partial charge in [0, 0.05) is 36.3 Å². The number of hydrogen-bond acceptors (Lipinski definition) is 4. The van der Waals surface area contributed by atoms with Crippen LogP contribution in [0.3, 0.4) is 0 Å². The van der Waals surface area contributed by atoms with Crippen molar-refractivity contribution < 1.29 is 14.5 Å². The van der Waals surface area contributed by atoms with Gasteiger partial charge in [-0.15, -0.1) is 0 Å².